The van der Waals surface area contributed by atoms with Crippen molar-refractivity contribution in [2.45, 2.75) is 13.8 Å². The van der Waals surface area contributed by atoms with E-state index in [-0.39, 0.29) is 16.9 Å². The summed E-state index contributed by atoms with van der Waals surface area (Å²) in [6.07, 6.45) is 0. The number of rotatable bonds is 1. The molecule has 106 valence electrons. The summed E-state index contributed by atoms with van der Waals surface area (Å²) < 4.78 is 0.770. The van der Waals surface area contributed by atoms with E-state index >= 15 is 0 Å². The van der Waals surface area contributed by atoms with Crippen LogP contribution in [0.3, 0.4) is 0 Å². The van der Waals surface area contributed by atoms with Crippen LogP contribution in [0, 0.1) is 13.8 Å². The lowest BCUT2D eigenvalue weighted by atomic mass is 10.1. The third-order valence-electron chi connectivity index (χ3n) is 3.48. The van der Waals surface area contributed by atoms with Crippen LogP contribution >= 0.6 is 11.3 Å². The van der Waals surface area contributed by atoms with Gasteiger partial charge < -0.3 is 10.2 Å². The average Bonchev–Trinajstić information content (AvgIpc) is 2.43. The molecule has 0 bridgehead atoms. The van der Waals surface area contributed by atoms with E-state index in [9.17, 15) is 15.0 Å². The number of hydrogen-bond donors (Lipinski definition) is 2. The molecule has 2 aromatic carbocycles. The van der Waals surface area contributed by atoms with Gasteiger partial charge in [-0.05, 0) is 61.4 Å². The Kier molecular flexibility index (Phi) is 3.18. The van der Waals surface area contributed by atoms with Crippen molar-refractivity contribution < 1.29 is 10.2 Å². The van der Waals surface area contributed by atoms with Gasteiger partial charge in [-0.3, -0.25) is 4.79 Å². The Morgan fingerprint density at radius 3 is 2.33 bits per heavy atom. The standard InChI is InChI=1S/C17H14O3S/c1-9-7-13(19)15-14(8-9)21-17(10(2)16(15)20)11-3-5-12(18)6-4-11/h3-8,18-19H,1-2H3. The fourth-order valence-corrected chi connectivity index (χ4v) is 3.67. The fraction of sp³-hybridized carbons (Fsp3) is 0.118. The maximum Gasteiger partial charge on any atom is 0.195 e. The molecule has 0 saturated carbocycles. The molecule has 0 spiro atoms. The summed E-state index contributed by atoms with van der Waals surface area (Å²) >= 11 is 1.47. The Morgan fingerprint density at radius 1 is 1.00 bits per heavy atom. The normalized spacial score (nSPS) is 11.0. The first-order valence-corrected chi connectivity index (χ1v) is 7.35. The molecule has 0 radical (unpaired) electrons. The predicted octanol–water partition coefficient (Wildman–Crippen LogP) is 3.96. The van der Waals surface area contributed by atoms with Crippen molar-refractivity contribution in [2.75, 3.05) is 0 Å². The molecule has 1 heterocycles. The molecule has 0 aliphatic carbocycles. The molecule has 0 amide bonds. The number of benzene rings is 2. The number of hydrogen-bond acceptors (Lipinski definition) is 4. The van der Waals surface area contributed by atoms with Crippen molar-refractivity contribution in [1.82, 2.24) is 0 Å². The van der Waals surface area contributed by atoms with Gasteiger partial charge in [-0.25, -0.2) is 0 Å². The number of aromatic hydroxyl groups is 2. The molecule has 3 nitrogen and oxygen atoms in total. The molecule has 4 heteroatoms. The van der Waals surface area contributed by atoms with Crippen molar-refractivity contribution >= 4 is 21.4 Å². The molecule has 3 aromatic rings. The van der Waals surface area contributed by atoms with Gasteiger partial charge >= 0.3 is 0 Å². The molecule has 21 heavy (non-hydrogen) atoms. The van der Waals surface area contributed by atoms with Crippen LogP contribution in [0.5, 0.6) is 11.5 Å². The fourth-order valence-electron chi connectivity index (χ4n) is 2.41. The third kappa shape index (κ3) is 2.28. The Labute approximate surface area is 125 Å². The van der Waals surface area contributed by atoms with E-state index < -0.39 is 0 Å². The van der Waals surface area contributed by atoms with Gasteiger partial charge in [-0.2, -0.15) is 0 Å². The topological polar surface area (TPSA) is 57.5 Å². The Bertz CT molecular complexity index is 893. The summed E-state index contributed by atoms with van der Waals surface area (Å²) in [6.45, 7) is 3.65. The lowest BCUT2D eigenvalue weighted by Gasteiger charge is -2.09. The molecular formula is C17H14O3S. The molecule has 0 aliphatic rings. The molecule has 1 aromatic heterocycles. The van der Waals surface area contributed by atoms with E-state index in [0.29, 0.717) is 10.9 Å². The van der Waals surface area contributed by atoms with Crippen molar-refractivity contribution in [1.29, 1.82) is 0 Å². The minimum atomic E-state index is -0.149. The second-order valence-electron chi connectivity index (χ2n) is 5.09. The maximum atomic E-state index is 12.5. The summed E-state index contributed by atoms with van der Waals surface area (Å²) in [4.78, 5) is 13.4. The van der Waals surface area contributed by atoms with Crippen LogP contribution in [0.4, 0.5) is 0 Å². The first-order valence-electron chi connectivity index (χ1n) is 6.54. The highest BCUT2D eigenvalue weighted by Gasteiger charge is 2.14. The van der Waals surface area contributed by atoms with Crippen molar-refractivity contribution in [3.8, 4) is 21.9 Å². The first kappa shape index (κ1) is 13.6. The highest BCUT2D eigenvalue weighted by atomic mass is 32.1. The number of phenolic OH excluding ortho intramolecular Hbond substituents is 2. The van der Waals surface area contributed by atoms with Crippen LogP contribution in [0.1, 0.15) is 11.1 Å². The van der Waals surface area contributed by atoms with Crippen molar-refractivity contribution in [2.24, 2.45) is 0 Å². The highest BCUT2D eigenvalue weighted by Crippen LogP contribution is 2.35. The molecule has 0 saturated heterocycles. The van der Waals surface area contributed by atoms with Gasteiger partial charge in [0.1, 0.15) is 11.5 Å². The minimum Gasteiger partial charge on any atom is -0.508 e. The molecule has 0 fully saturated rings. The summed E-state index contributed by atoms with van der Waals surface area (Å²) in [6, 6.07) is 10.3. The van der Waals surface area contributed by atoms with Crippen molar-refractivity contribution in [3.63, 3.8) is 0 Å². The zero-order valence-electron chi connectivity index (χ0n) is 11.7. The molecule has 0 atom stereocenters. The summed E-state index contributed by atoms with van der Waals surface area (Å²) in [5.74, 6) is 0.227. The van der Waals surface area contributed by atoms with Gasteiger partial charge in [0.2, 0.25) is 0 Å². The van der Waals surface area contributed by atoms with Crippen LogP contribution in [0.15, 0.2) is 41.2 Å². The smallest absolute Gasteiger partial charge is 0.195 e. The zero-order chi connectivity index (χ0) is 15.1. The third-order valence-corrected chi connectivity index (χ3v) is 4.76. The number of phenols is 2. The lowest BCUT2D eigenvalue weighted by Crippen LogP contribution is -2.06. The van der Waals surface area contributed by atoms with Gasteiger partial charge in [0.05, 0.1) is 5.39 Å². The van der Waals surface area contributed by atoms with E-state index in [4.69, 9.17) is 0 Å². The van der Waals surface area contributed by atoms with E-state index in [0.717, 1.165) is 20.7 Å². The number of fused-ring (bicyclic) bond motifs is 1. The van der Waals surface area contributed by atoms with Gasteiger partial charge in [-0.1, -0.05) is 0 Å². The Balaban J connectivity index is 2.37. The monoisotopic (exact) mass is 298 g/mol. The highest BCUT2D eigenvalue weighted by molar-refractivity contribution is 7.21. The summed E-state index contributed by atoms with van der Waals surface area (Å²) in [7, 11) is 0. The van der Waals surface area contributed by atoms with Gasteiger partial charge in [-0.15, -0.1) is 11.3 Å². The van der Waals surface area contributed by atoms with Crippen LogP contribution in [-0.2, 0) is 0 Å². The predicted molar refractivity (Wildman–Crippen MR) is 86.3 cm³/mol. The van der Waals surface area contributed by atoms with Gasteiger partial charge in [0.15, 0.2) is 5.43 Å². The maximum absolute atomic E-state index is 12.5. The minimum absolute atomic E-state index is 0.0339. The van der Waals surface area contributed by atoms with E-state index in [1.165, 1.54) is 11.3 Å². The lowest BCUT2D eigenvalue weighted by molar-refractivity contribution is 0.475. The Morgan fingerprint density at radius 2 is 1.67 bits per heavy atom. The molecule has 3 rings (SSSR count). The van der Waals surface area contributed by atoms with Gasteiger partial charge in [0, 0.05) is 15.1 Å². The molecule has 2 N–H and O–H groups in total. The molecular weight excluding hydrogens is 284 g/mol. The second kappa shape index (κ2) is 4.90. The summed E-state index contributed by atoms with van der Waals surface area (Å²) in [5, 5.41) is 19.8. The molecule has 0 aliphatic heterocycles. The first-order chi connectivity index (χ1) is 9.97. The van der Waals surface area contributed by atoms with E-state index in [1.54, 1.807) is 37.3 Å². The van der Waals surface area contributed by atoms with Crippen LogP contribution < -0.4 is 5.43 Å². The summed E-state index contributed by atoms with van der Waals surface area (Å²) in [5.41, 5.74) is 2.26. The largest absolute Gasteiger partial charge is 0.508 e. The van der Waals surface area contributed by atoms with Crippen molar-refractivity contribution in [3.05, 3.63) is 57.7 Å². The van der Waals surface area contributed by atoms with Crippen LogP contribution in [-0.4, -0.2) is 10.2 Å². The SMILES string of the molecule is Cc1cc(O)c2c(=O)c(C)c(-c3ccc(O)cc3)sc2c1. The number of aryl methyl sites for hydroxylation is 1. The average molecular weight is 298 g/mol. The van der Waals surface area contributed by atoms with E-state index in [1.807, 2.05) is 13.0 Å². The van der Waals surface area contributed by atoms with E-state index in [2.05, 4.69) is 0 Å². The molecule has 0 unspecified atom stereocenters. The zero-order valence-corrected chi connectivity index (χ0v) is 12.5. The van der Waals surface area contributed by atoms with Crippen LogP contribution in [0.2, 0.25) is 0 Å². The quantitative estimate of drug-likeness (QED) is 0.715. The Hall–Kier alpha value is -2.33. The van der Waals surface area contributed by atoms with Crippen LogP contribution in [0.25, 0.3) is 20.5 Å². The van der Waals surface area contributed by atoms with Gasteiger partial charge in [0.25, 0.3) is 0 Å². The second-order valence-corrected chi connectivity index (χ2v) is 6.14.